The minimum atomic E-state index is 0.0841. The zero-order chi connectivity index (χ0) is 19.4. The van der Waals surface area contributed by atoms with Crippen molar-refractivity contribution in [1.82, 2.24) is 4.98 Å². The monoisotopic (exact) mass is 359 g/mol. The molecule has 0 spiro atoms. The standard InChI is InChI=1S/C21H33N3O2/c1-5-8-10-18(12-14-25)21(24-16(4)22)20(7-3)26-15-19-17(6-2)11-9-13-23-19/h7,9,11,13,18,25H,4-6,8,10,12,14-15,22H2,1-3H3/b20-7+,24-21-. The number of nitrogens with zero attached hydrogens (tertiary/aromatic N) is 2. The van der Waals surface area contributed by atoms with Gasteiger partial charge in [-0.3, -0.25) is 4.98 Å². The maximum Gasteiger partial charge on any atom is 0.137 e. The summed E-state index contributed by atoms with van der Waals surface area (Å²) in [6, 6.07) is 4.00. The Hall–Kier alpha value is -2.14. The summed E-state index contributed by atoms with van der Waals surface area (Å²) in [4.78, 5) is 8.88. The lowest BCUT2D eigenvalue weighted by molar-refractivity contribution is 0.207. The van der Waals surface area contributed by atoms with Gasteiger partial charge in [-0.1, -0.05) is 39.3 Å². The lowest BCUT2D eigenvalue weighted by Gasteiger charge is -2.21. The molecular weight excluding hydrogens is 326 g/mol. The summed E-state index contributed by atoms with van der Waals surface area (Å²) in [6.45, 7) is 10.4. The van der Waals surface area contributed by atoms with Gasteiger partial charge in [-0.05, 0) is 43.9 Å². The van der Waals surface area contributed by atoms with E-state index in [1.165, 1.54) is 5.56 Å². The van der Waals surface area contributed by atoms with E-state index in [1.807, 2.05) is 19.1 Å². The van der Waals surface area contributed by atoms with Crippen LogP contribution in [0.1, 0.15) is 57.7 Å². The van der Waals surface area contributed by atoms with E-state index in [4.69, 9.17) is 10.5 Å². The van der Waals surface area contributed by atoms with E-state index >= 15 is 0 Å². The van der Waals surface area contributed by atoms with Crippen molar-refractivity contribution in [2.75, 3.05) is 6.61 Å². The summed E-state index contributed by atoms with van der Waals surface area (Å²) < 4.78 is 6.08. The first-order chi connectivity index (χ1) is 12.6. The molecule has 5 heteroatoms. The number of unbranched alkanes of at least 4 members (excludes halogenated alkanes) is 1. The maximum atomic E-state index is 9.47. The number of nitrogens with two attached hydrogens (primary N) is 1. The molecule has 1 aromatic rings. The van der Waals surface area contributed by atoms with Gasteiger partial charge < -0.3 is 15.6 Å². The molecule has 5 nitrogen and oxygen atoms in total. The average molecular weight is 360 g/mol. The SMILES string of the molecule is C=C(N)/N=C(\C(=C/C)OCc1ncccc1CC)C(CCO)CCCC. The third kappa shape index (κ3) is 7.00. The molecule has 3 N–H and O–H groups in total. The molecule has 0 radical (unpaired) electrons. The molecule has 0 amide bonds. The number of aromatic nitrogens is 1. The zero-order valence-corrected chi connectivity index (χ0v) is 16.4. The van der Waals surface area contributed by atoms with Gasteiger partial charge in [-0.25, -0.2) is 4.99 Å². The number of aliphatic hydroxyl groups is 1. The Labute approximate surface area is 157 Å². The molecule has 1 aromatic heterocycles. The van der Waals surface area contributed by atoms with E-state index < -0.39 is 0 Å². The van der Waals surface area contributed by atoms with E-state index in [9.17, 15) is 5.11 Å². The van der Waals surface area contributed by atoms with Crippen molar-refractivity contribution >= 4 is 5.71 Å². The van der Waals surface area contributed by atoms with Crippen LogP contribution in [0.5, 0.6) is 0 Å². The van der Waals surface area contributed by atoms with E-state index in [-0.39, 0.29) is 18.3 Å². The summed E-state index contributed by atoms with van der Waals surface area (Å²) >= 11 is 0. The molecule has 0 bridgehead atoms. The second-order valence-electron chi connectivity index (χ2n) is 6.24. The number of ether oxygens (including phenoxy) is 1. The Morgan fingerprint density at radius 3 is 2.77 bits per heavy atom. The number of hydrogen-bond acceptors (Lipinski definition) is 5. The van der Waals surface area contributed by atoms with Gasteiger partial charge in [0.05, 0.1) is 11.4 Å². The number of hydrogen-bond donors (Lipinski definition) is 2. The summed E-state index contributed by atoms with van der Waals surface area (Å²) in [6.07, 6.45) is 8.26. The van der Waals surface area contributed by atoms with Gasteiger partial charge >= 0.3 is 0 Å². The molecule has 0 saturated heterocycles. The predicted octanol–water partition coefficient (Wildman–Crippen LogP) is 4.12. The highest BCUT2D eigenvalue weighted by Gasteiger charge is 2.21. The molecule has 0 aliphatic rings. The summed E-state index contributed by atoms with van der Waals surface area (Å²) in [7, 11) is 0. The van der Waals surface area contributed by atoms with E-state index in [2.05, 4.69) is 36.5 Å². The first kappa shape index (κ1) is 21.9. The van der Waals surface area contributed by atoms with Crippen LogP contribution in [0, 0.1) is 5.92 Å². The molecule has 1 atom stereocenters. The molecule has 0 aliphatic carbocycles. The van der Waals surface area contributed by atoms with Crippen molar-refractivity contribution in [3.05, 3.63) is 53.8 Å². The molecule has 0 aromatic carbocycles. The third-order valence-electron chi connectivity index (χ3n) is 4.28. The molecule has 0 fully saturated rings. The fourth-order valence-corrected chi connectivity index (χ4v) is 2.90. The van der Waals surface area contributed by atoms with Crippen molar-refractivity contribution < 1.29 is 9.84 Å². The lowest BCUT2D eigenvalue weighted by Crippen LogP contribution is -2.21. The highest BCUT2D eigenvalue weighted by molar-refractivity contribution is 6.00. The summed E-state index contributed by atoms with van der Waals surface area (Å²) in [5, 5.41) is 9.47. The van der Waals surface area contributed by atoms with Crippen LogP contribution in [0.3, 0.4) is 0 Å². The molecule has 1 heterocycles. The van der Waals surface area contributed by atoms with Crippen LogP contribution in [-0.2, 0) is 17.8 Å². The minimum Gasteiger partial charge on any atom is -0.486 e. The number of allylic oxidation sites excluding steroid dienone is 2. The first-order valence-electron chi connectivity index (χ1n) is 9.43. The van der Waals surface area contributed by atoms with E-state index in [0.717, 1.165) is 37.1 Å². The van der Waals surface area contributed by atoms with Crippen molar-refractivity contribution in [2.45, 2.75) is 59.5 Å². The molecule has 0 saturated carbocycles. The van der Waals surface area contributed by atoms with Crippen LogP contribution in [0.2, 0.25) is 0 Å². The molecule has 1 rings (SSSR count). The third-order valence-corrected chi connectivity index (χ3v) is 4.28. The van der Waals surface area contributed by atoms with E-state index in [1.54, 1.807) is 6.20 Å². The summed E-state index contributed by atoms with van der Waals surface area (Å²) in [5.41, 5.74) is 8.62. The van der Waals surface area contributed by atoms with Crippen LogP contribution >= 0.6 is 0 Å². The highest BCUT2D eigenvalue weighted by Crippen LogP contribution is 2.22. The average Bonchev–Trinajstić information content (AvgIpc) is 2.64. The molecular formula is C21H33N3O2. The van der Waals surface area contributed by atoms with Gasteiger partial charge in [-0.15, -0.1) is 0 Å². The Morgan fingerprint density at radius 1 is 1.42 bits per heavy atom. The molecule has 144 valence electrons. The number of aryl methyl sites for hydroxylation is 1. The second kappa shape index (κ2) is 12.3. The Morgan fingerprint density at radius 2 is 2.19 bits per heavy atom. The number of rotatable bonds is 12. The summed E-state index contributed by atoms with van der Waals surface area (Å²) in [5.74, 6) is 1.01. The van der Waals surface area contributed by atoms with Gasteiger partial charge in [-0.2, -0.15) is 0 Å². The van der Waals surface area contributed by atoms with Crippen LogP contribution in [-0.4, -0.2) is 22.4 Å². The quantitative estimate of drug-likeness (QED) is 0.434. The largest absolute Gasteiger partial charge is 0.486 e. The molecule has 0 aliphatic heterocycles. The number of pyridine rings is 1. The lowest BCUT2D eigenvalue weighted by atomic mass is 9.92. The highest BCUT2D eigenvalue weighted by atomic mass is 16.5. The fraction of sp³-hybridized carbons (Fsp3) is 0.524. The number of aliphatic imine (C=N–C) groups is 1. The van der Waals surface area contributed by atoms with Gasteiger partial charge in [0.2, 0.25) is 0 Å². The first-order valence-corrected chi connectivity index (χ1v) is 9.43. The Bertz CT molecular complexity index is 623. The Kier molecular flexibility index (Phi) is 10.3. The van der Waals surface area contributed by atoms with Crippen LogP contribution in [0.4, 0.5) is 0 Å². The van der Waals surface area contributed by atoms with Crippen LogP contribution < -0.4 is 5.73 Å². The zero-order valence-electron chi connectivity index (χ0n) is 16.4. The van der Waals surface area contributed by atoms with Gasteiger partial charge in [0.1, 0.15) is 18.2 Å². The van der Waals surface area contributed by atoms with Gasteiger partial charge in [0.15, 0.2) is 0 Å². The normalized spacial score (nSPS) is 13.5. The van der Waals surface area contributed by atoms with Crippen LogP contribution in [0.15, 0.2) is 47.6 Å². The van der Waals surface area contributed by atoms with Gasteiger partial charge in [0, 0.05) is 18.7 Å². The van der Waals surface area contributed by atoms with Gasteiger partial charge in [0.25, 0.3) is 0 Å². The van der Waals surface area contributed by atoms with Crippen molar-refractivity contribution in [3.8, 4) is 0 Å². The van der Waals surface area contributed by atoms with Crippen molar-refractivity contribution in [3.63, 3.8) is 0 Å². The topological polar surface area (TPSA) is 80.7 Å². The molecule has 1 unspecified atom stereocenters. The minimum absolute atomic E-state index is 0.0841. The van der Waals surface area contributed by atoms with Crippen molar-refractivity contribution in [2.24, 2.45) is 16.6 Å². The maximum absolute atomic E-state index is 9.47. The molecule has 26 heavy (non-hydrogen) atoms. The predicted molar refractivity (Wildman–Crippen MR) is 108 cm³/mol. The Balaban J connectivity index is 3.03. The smallest absolute Gasteiger partial charge is 0.137 e. The van der Waals surface area contributed by atoms with Crippen LogP contribution in [0.25, 0.3) is 0 Å². The number of aliphatic hydroxyl groups excluding tert-OH is 1. The van der Waals surface area contributed by atoms with E-state index in [0.29, 0.717) is 18.8 Å². The second-order valence-corrected chi connectivity index (χ2v) is 6.24. The fourth-order valence-electron chi connectivity index (χ4n) is 2.90. The van der Waals surface area contributed by atoms with Crippen molar-refractivity contribution in [1.29, 1.82) is 0 Å².